The van der Waals surface area contributed by atoms with Gasteiger partial charge < -0.3 is 4.74 Å². The molecule has 0 aliphatic heterocycles. The fourth-order valence-electron chi connectivity index (χ4n) is 1.22. The first-order valence-corrected chi connectivity index (χ1v) is 6.16. The lowest BCUT2D eigenvalue weighted by atomic mass is 10.2. The second kappa shape index (κ2) is 6.56. The summed E-state index contributed by atoms with van der Waals surface area (Å²) in [6.07, 6.45) is 3.27. The van der Waals surface area contributed by atoms with Crippen molar-refractivity contribution in [1.82, 2.24) is 4.98 Å². The van der Waals surface area contributed by atoms with E-state index in [0.29, 0.717) is 13.0 Å². The SMILES string of the molecule is CCCCC(=O)OCCc1scnc1C. The van der Waals surface area contributed by atoms with Gasteiger partial charge in [0.1, 0.15) is 0 Å². The third-order valence-electron chi connectivity index (χ3n) is 2.17. The van der Waals surface area contributed by atoms with Crippen molar-refractivity contribution in [3.05, 3.63) is 16.1 Å². The molecule has 0 aliphatic carbocycles. The first-order valence-electron chi connectivity index (χ1n) is 5.28. The molecule has 3 nitrogen and oxygen atoms in total. The maximum atomic E-state index is 11.2. The standard InChI is InChI=1S/C11H17NO2S/c1-3-4-5-11(13)14-7-6-10-9(2)12-8-15-10/h8H,3-7H2,1-2H3. The topological polar surface area (TPSA) is 39.2 Å². The van der Waals surface area contributed by atoms with Crippen LogP contribution in [0, 0.1) is 6.92 Å². The Morgan fingerprint density at radius 3 is 3.00 bits per heavy atom. The van der Waals surface area contributed by atoms with Crippen LogP contribution < -0.4 is 0 Å². The number of unbranched alkanes of at least 4 members (excludes halogenated alkanes) is 1. The van der Waals surface area contributed by atoms with E-state index in [1.54, 1.807) is 11.3 Å². The molecular weight excluding hydrogens is 210 g/mol. The normalized spacial score (nSPS) is 10.3. The lowest BCUT2D eigenvalue weighted by Gasteiger charge is -2.03. The summed E-state index contributed by atoms with van der Waals surface area (Å²) in [5.41, 5.74) is 2.87. The maximum Gasteiger partial charge on any atom is 0.305 e. The molecule has 84 valence electrons. The molecule has 1 aromatic rings. The Labute approximate surface area is 94.5 Å². The van der Waals surface area contributed by atoms with E-state index in [0.717, 1.165) is 25.0 Å². The first kappa shape index (κ1) is 12.2. The van der Waals surface area contributed by atoms with E-state index < -0.39 is 0 Å². The molecule has 0 radical (unpaired) electrons. The van der Waals surface area contributed by atoms with Gasteiger partial charge >= 0.3 is 5.97 Å². The minimum atomic E-state index is -0.0842. The average molecular weight is 227 g/mol. The van der Waals surface area contributed by atoms with Crippen LogP contribution in [0.4, 0.5) is 0 Å². The van der Waals surface area contributed by atoms with E-state index in [2.05, 4.69) is 11.9 Å². The van der Waals surface area contributed by atoms with Crippen molar-refractivity contribution >= 4 is 17.3 Å². The molecule has 1 rings (SSSR count). The monoisotopic (exact) mass is 227 g/mol. The highest BCUT2D eigenvalue weighted by molar-refractivity contribution is 7.09. The summed E-state index contributed by atoms with van der Waals surface area (Å²) in [5.74, 6) is -0.0842. The molecule has 0 saturated carbocycles. The zero-order valence-corrected chi connectivity index (χ0v) is 10.1. The third kappa shape index (κ3) is 4.42. The van der Waals surface area contributed by atoms with Crippen LogP contribution in [0.5, 0.6) is 0 Å². The van der Waals surface area contributed by atoms with Crippen molar-refractivity contribution in [3.63, 3.8) is 0 Å². The summed E-state index contributed by atoms with van der Waals surface area (Å²) in [6.45, 7) is 4.52. The number of carbonyl (C=O) groups excluding carboxylic acids is 1. The largest absolute Gasteiger partial charge is 0.465 e. The lowest BCUT2D eigenvalue weighted by molar-refractivity contribution is -0.143. The molecule has 0 N–H and O–H groups in total. The molecule has 1 heterocycles. The number of nitrogens with zero attached hydrogens (tertiary/aromatic N) is 1. The van der Waals surface area contributed by atoms with Crippen LogP contribution in [0.2, 0.25) is 0 Å². The zero-order chi connectivity index (χ0) is 11.1. The fourth-order valence-corrected chi connectivity index (χ4v) is 1.98. The second-order valence-corrected chi connectivity index (χ2v) is 4.37. The number of ether oxygens (including phenoxy) is 1. The molecule has 0 amide bonds. The van der Waals surface area contributed by atoms with Gasteiger partial charge in [0, 0.05) is 17.7 Å². The van der Waals surface area contributed by atoms with Crippen LogP contribution in [0.3, 0.4) is 0 Å². The van der Waals surface area contributed by atoms with Gasteiger partial charge in [-0.25, -0.2) is 4.98 Å². The van der Waals surface area contributed by atoms with Crippen LogP contribution in [-0.2, 0) is 16.0 Å². The first-order chi connectivity index (χ1) is 7.24. The van der Waals surface area contributed by atoms with Gasteiger partial charge in [0.05, 0.1) is 17.8 Å². The van der Waals surface area contributed by atoms with Gasteiger partial charge in [0.25, 0.3) is 0 Å². The Morgan fingerprint density at radius 2 is 2.40 bits per heavy atom. The van der Waals surface area contributed by atoms with E-state index in [1.807, 2.05) is 12.4 Å². The Kier molecular flexibility index (Phi) is 5.32. The van der Waals surface area contributed by atoms with E-state index in [-0.39, 0.29) is 5.97 Å². The molecule has 0 unspecified atom stereocenters. The Balaban J connectivity index is 2.16. The minimum Gasteiger partial charge on any atom is -0.465 e. The fraction of sp³-hybridized carbons (Fsp3) is 0.636. The van der Waals surface area contributed by atoms with E-state index >= 15 is 0 Å². The summed E-state index contributed by atoms with van der Waals surface area (Å²) >= 11 is 1.62. The van der Waals surface area contributed by atoms with Crippen molar-refractivity contribution in [2.75, 3.05) is 6.61 Å². The maximum absolute atomic E-state index is 11.2. The molecule has 0 spiro atoms. The van der Waals surface area contributed by atoms with Gasteiger partial charge in [0.15, 0.2) is 0 Å². The molecule has 0 fully saturated rings. The summed E-state index contributed by atoms with van der Waals surface area (Å²) in [4.78, 5) is 16.5. The van der Waals surface area contributed by atoms with Crippen LogP contribution in [0.25, 0.3) is 0 Å². The van der Waals surface area contributed by atoms with Gasteiger partial charge in [-0.1, -0.05) is 13.3 Å². The molecule has 15 heavy (non-hydrogen) atoms. The number of carbonyl (C=O) groups is 1. The third-order valence-corrected chi connectivity index (χ3v) is 3.17. The number of aryl methyl sites for hydroxylation is 1. The smallest absolute Gasteiger partial charge is 0.305 e. The quantitative estimate of drug-likeness (QED) is 0.701. The Morgan fingerprint density at radius 1 is 1.60 bits per heavy atom. The Hall–Kier alpha value is -0.900. The van der Waals surface area contributed by atoms with E-state index in [4.69, 9.17) is 4.74 Å². The highest BCUT2D eigenvalue weighted by Gasteiger charge is 2.04. The highest BCUT2D eigenvalue weighted by Crippen LogP contribution is 2.12. The van der Waals surface area contributed by atoms with Crippen LogP contribution in [-0.4, -0.2) is 17.6 Å². The highest BCUT2D eigenvalue weighted by atomic mass is 32.1. The molecule has 0 aromatic carbocycles. The summed E-state index contributed by atoms with van der Waals surface area (Å²) in [6, 6.07) is 0. The zero-order valence-electron chi connectivity index (χ0n) is 9.28. The number of hydrogen-bond acceptors (Lipinski definition) is 4. The second-order valence-electron chi connectivity index (χ2n) is 3.43. The van der Waals surface area contributed by atoms with Crippen molar-refractivity contribution in [2.24, 2.45) is 0 Å². The minimum absolute atomic E-state index is 0.0842. The van der Waals surface area contributed by atoms with Crippen molar-refractivity contribution < 1.29 is 9.53 Å². The van der Waals surface area contributed by atoms with Crippen molar-refractivity contribution in [2.45, 2.75) is 39.5 Å². The molecule has 0 atom stereocenters. The van der Waals surface area contributed by atoms with E-state index in [9.17, 15) is 4.79 Å². The van der Waals surface area contributed by atoms with Crippen molar-refractivity contribution in [3.8, 4) is 0 Å². The summed E-state index contributed by atoms with van der Waals surface area (Å²) in [5, 5.41) is 0. The molecule has 0 saturated heterocycles. The summed E-state index contributed by atoms with van der Waals surface area (Å²) in [7, 11) is 0. The van der Waals surface area contributed by atoms with Crippen LogP contribution >= 0.6 is 11.3 Å². The van der Waals surface area contributed by atoms with Crippen LogP contribution in [0.1, 0.15) is 36.8 Å². The predicted molar refractivity (Wildman–Crippen MR) is 61.0 cm³/mol. The van der Waals surface area contributed by atoms with Gasteiger partial charge in [0.2, 0.25) is 0 Å². The molecule has 0 bridgehead atoms. The average Bonchev–Trinajstić information content (AvgIpc) is 2.61. The number of thiazole rings is 1. The van der Waals surface area contributed by atoms with E-state index in [1.165, 1.54) is 4.88 Å². The lowest BCUT2D eigenvalue weighted by Crippen LogP contribution is -2.07. The molecule has 0 aliphatic rings. The number of esters is 1. The number of rotatable bonds is 6. The number of aromatic nitrogens is 1. The van der Waals surface area contributed by atoms with Gasteiger partial charge in [-0.05, 0) is 13.3 Å². The van der Waals surface area contributed by atoms with Gasteiger partial charge in [-0.2, -0.15) is 0 Å². The molecule has 4 heteroatoms. The number of hydrogen-bond donors (Lipinski definition) is 0. The van der Waals surface area contributed by atoms with Crippen LogP contribution in [0.15, 0.2) is 5.51 Å². The predicted octanol–water partition coefficient (Wildman–Crippen LogP) is 2.73. The van der Waals surface area contributed by atoms with Crippen molar-refractivity contribution in [1.29, 1.82) is 0 Å². The van der Waals surface area contributed by atoms with Gasteiger partial charge in [-0.15, -0.1) is 11.3 Å². The molecular formula is C11H17NO2S. The summed E-state index contributed by atoms with van der Waals surface area (Å²) < 4.78 is 5.11. The Bertz CT molecular complexity index is 309. The molecule has 1 aromatic heterocycles. The van der Waals surface area contributed by atoms with Gasteiger partial charge in [-0.3, -0.25) is 4.79 Å².